The summed E-state index contributed by atoms with van der Waals surface area (Å²) in [6.45, 7) is 7.88. The molecule has 6 heteroatoms. The Morgan fingerprint density at radius 3 is 2.52 bits per heavy atom. The lowest BCUT2D eigenvalue weighted by Crippen LogP contribution is -2.65. The highest BCUT2D eigenvalue weighted by atomic mass is 16.8. The van der Waals surface area contributed by atoms with Gasteiger partial charge in [0.15, 0.2) is 5.79 Å². The molecular formula is C19H25NO5. The Morgan fingerprint density at radius 1 is 1.16 bits per heavy atom. The van der Waals surface area contributed by atoms with Crippen molar-refractivity contribution < 1.29 is 23.9 Å². The zero-order valence-electron chi connectivity index (χ0n) is 15.2. The fourth-order valence-corrected chi connectivity index (χ4v) is 5.84. The van der Waals surface area contributed by atoms with E-state index in [0.717, 1.165) is 6.42 Å². The Morgan fingerprint density at radius 2 is 1.88 bits per heavy atom. The smallest absolute Gasteiger partial charge is 0.261 e. The quantitative estimate of drug-likeness (QED) is 0.536. The van der Waals surface area contributed by atoms with Crippen LogP contribution in [0.25, 0.3) is 0 Å². The van der Waals surface area contributed by atoms with E-state index < -0.39 is 11.2 Å². The van der Waals surface area contributed by atoms with Gasteiger partial charge in [0.1, 0.15) is 35.6 Å². The van der Waals surface area contributed by atoms with Crippen molar-refractivity contribution in [3.05, 3.63) is 12.2 Å². The van der Waals surface area contributed by atoms with Gasteiger partial charge < -0.3 is 9.47 Å². The Kier molecular flexibility index (Phi) is 2.90. The number of hydrogen-bond acceptors (Lipinski definition) is 5. The van der Waals surface area contributed by atoms with E-state index in [4.69, 9.17) is 14.3 Å². The number of hydrogen-bond donors (Lipinski definition) is 0. The molecule has 6 atom stereocenters. The highest BCUT2D eigenvalue weighted by Crippen LogP contribution is 2.65. The van der Waals surface area contributed by atoms with E-state index in [1.807, 2.05) is 26.0 Å². The molecule has 0 spiro atoms. The molecule has 1 amide bonds. The molecule has 4 bridgehead atoms. The normalized spacial score (nSPS) is 48.2. The maximum absolute atomic E-state index is 13.6. The molecule has 136 valence electrons. The molecule has 0 aromatic heterocycles. The Bertz CT molecular complexity index is 698. The number of carbonyl (C=O) groups is 2. The highest BCUT2D eigenvalue weighted by Gasteiger charge is 2.70. The van der Waals surface area contributed by atoms with Crippen LogP contribution in [0.2, 0.25) is 0 Å². The van der Waals surface area contributed by atoms with Crippen LogP contribution < -0.4 is 0 Å². The summed E-state index contributed by atoms with van der Waals surface area (Å²) in [4.78, 5) is 32.4. The Balaban J connectivity index is 1.50. The summed E-state index contributed by atoms with van der Waals surface area (Å²) in [7, 11) is 0. The van der Waals surface area contributed by atoms with Crippen molar-refractivity contribution in [1.82, 2.24) is 5.06 Å². The minimum absolute atomic E-state index is 0.0771. The molecule has 3 heterocycles. The maximum atomic E-state index is 13.6. The van der Waals surface area contributed by atoms with Gasteiger partial charge in [0.2, 0.25) is 0 Å². The molecule has 0 aromatic rings. The van der Waals surface area contributed by atoms with Gasteiger partial charge in [0.25, 0.3) is 5.91 Å². The van der Waals surface area contributed by atoms with Gasteiger partial charge in [-0.2, -0.15) is 0 Å². The second-order valence-electron chi connectivity index (χ2n) is 9.13. The van der Waals surface area contributed by atoms with Gasteiger partial charge in [-0.1, -0.05) is 26.0 Å². The van der Waals surface area contributed by atoms with E-state index in [0.29, 0.717) is 18.8 Å². The maximum Gasteiger partial charge on any atom is 0.261 e. The van der Waals surface area contributed by atoms with Crippen molar-refractivity contribution in [3.8, 4) is 0 Å². The van der Waals surface area contributed by atoms with Crippen molar-refractivity contribution in [2.45, 2.75) is 77.1 Å². The number of nitrogens with zero attached hydrogens (tertiary/aromatic N) is 1. The molecule has 4 fully saturated rings. The topological polar surface area (TPSA) is 65.1 Å². The van der Waals surface area contributed by atoms with E-state index in [-0.39, 0.29) is 41.5 Å². The Hall–Kier alpha value is -1.24. The molecular weight excluding hydrogens is 322 g/mol. The molecule has 2 saturated heterocycles. The van der Waals surface area contributed by atoms with Crippen molar-refractivity contribution in [3.63, 3.8) is 0 Å². The minimum atomic E-state index is -0.951. The molecule has 0 N–H and O–H groups in total. The SMILES string of the molecule is CC1(C)OC2C3C=CC(C2O1)N(C(=O)[C@@]12CCC(CC1=O)C2(C)C)O3. The predicted octanol–water partition coefficient (Wildman–Crippen LogP) is 1.98. The number of ether oxygens (including phenoxy) is 2. The number of carbonyl (C=O) groups excluding carboxylic acids is 2. The van der Waals surface area contributed by atoms with Crippen molar-refractivity contribution >= 4 is 11.7 Å². The van der Waals surface area contributed by atoms with E-state index in [1.165, 1.54) is 5.06 Å². The average Bonchev–Trinajstić information content (AvgIpc) is 3.09. The second-order valence-corrected chi connectivity index (χ2v) is 9.13. The monoisotopic (exact) mass is 347 g/mol. The first kappa shape index (κ1) is 16.0. The molecule has 3 aliphatic carbocycles. The molecule has 3 aliphatic heterocycles. The molecule has 5 unspecified atom stereocenters. The largest absolute Gasteiger partial charge is 0.342 e. The predicted molar refractivity (Wildman–Crippen MR) is 87.0 cm³/mol. The number of amides is 1. The number of rotatable bonds is 1. The summed E-state index contributed by atoms with van der Waals surface area (Å²) in [6.07, 6.45) is 5.15. The van der Waals surface area contributed by atoms with Crippen molar-refractivity contribution in [1.29, 1.82) is 0 Å². The standard InChI is InChI=1S/C19H25NO5/c1-17(2)10-7-8-19(17,13(21)9-10)16(22)20-11-5-6-12(25-20)15-14(11)23-18(3,4)24-15/h5-6,10-12,14-15H,7-9H2,1-4H3/t10?,11?,12?,14?,15?,19-/m1/s1. The lowest BCUT2D eigenvalue weighted by molar-refractivity contribution is -0.269. The van der Waals surface area contributed by atoms with Crippen LogP contribution in [0.4, 0.5) is 0 Å². The zero-order chi connectivity index (χ0) is 17.8. The third-order valence-electron chi connectivity index (χ3n) is 7.29. The van der Waals surface area contributed by atoms with Gasteiger partial charge >= 0.3 is 0 Å². The van der Waals surface area contributed by atoms with Crippen LogP contribution in [0, 0.1) is 16.7 Å². The van der Waals surface area contributed by atoms with Crippen LogP contribution >= 0.6 is 0 Å². The van der Waals surface area contributed by atoms with E-state index in [9.17, 15) is 9.59 Å². The van der Waals surface area contributed by atoms with Gasteiger partial charge in [-0.25, -0.2) is 5.06 Å². The highest BCUT2D eigenvalue weighted by molar-refractivity contribution is 6.09. The van der Waals surface area contributed by atoms with Crippen LogP contribution in [0.1, 0.15) is 47.0 Å². The molecule has 0 aromatic carbocycles. The van der Waals surface area contributed by atoms with Gasteiger partial charge in [0.05, 0.1) is 0 Å². The second kappa shape index (κ2) is 4.53. The summed E-state index contributed by atoms with van der Waals surface area (Å²) in [6, 6.07) is -0.345. The first-order chi connectivity index (χ1) is 11.7. The third kappa shape index (κ3) is 1.76. The fraction of sp³-hybridized carbons (Fsp3) is 0.789. The lowest BCUT2D eigenvalue weighted by atomic mass is 9.68. The lowest BCUT2D eigenvalue weighted by Gasteiger charge is -2.48. The summed E-state index contributed by atoms with van der Waals surface area (Å²) in [5, 5.41) is 1.43. The average molecular weight is 347 g/mol. The fourth-order valence-electron chi connectivity index (χ4n) is 5.84. The molecule has 25 heavy (non-hydrogen) atoms. The zero-order valence-corrected chi connectivity index (χ0v) is 15.2. The van der Waals surface area contributed by atoms with Gasteiger partial charge in [-0.05, 0) is 38.0 Å². The minimum Gasteiger partial charge on any atom is -0.342 e. The van der Waals surface area contributed by atoms with Crippen LogP contribution in [-0.2, 0) is 23.9 Å². The van der Waals surface area contributed by atoms with E-state index in [2.05, 4.69) is 13.8 Å². The summed E-state index contributed by atoms with van der Waals surface area (Å²) >= 11 is 0. The number of hydroxylamine groups is 2. The van der Waals surface area contributed by atoms with Gasteiger partial charge in [-0.3, -0.25) is 14.4 Å². The van der Waals surface area contributed by atoms with E-state index in [1.54, 1.807) is 0 Å². The Labute approximate surface area is 147 Å². The van der Waals surface area contributed by atoms with E-state index >= 15 is 0 Å². The molecule has 6 aliphatic rings. The molecule has 2 saturated carbocycles. The van der Waals surface area contributed by atoms with Gasteiger partial charge in [0, 0.05) is 6.42 Å². The van der Waals surface area contributed by atoms with Gasteiger partial charge in [-0.15, -0.1) is 0 Å². The van der Waals surface area contributed by atoms with Crippen molar-refractivity contribution in [2.24, 2.45) is 16.7 Å². The molecule has 0 radical (unpaired) electrons. The molecule has 6 nitrogen and oxygen atoms in total. The number of Topliss-reactive ketones (excluding diaryl/α,β-unsaturated/α-hetero) is 1. The van der Waals surface area contributed by atoms with Crippen LogP contribution in [-0.4, -0.2) is 46.9 Å². The summed E-state index contributed by atoms with van der Waals surface area (Å²) in [5.74, 6) is -0.513. The van der Waals surface area contributed by atoms with Crippen LogP contribution in [0.3, 0.4) is 0 Å². The van der Waals surface area contributed by atoms with Crippen LogP contribution in [0.5, 0.6) is 0 Å². The molecule has 6 rings (SSSR count). The van der Waals surface area contributed by atoms with Crippen molar-refractivity contribution in [2.75, 3.05) is 0 Å². The first-order valence-corrected chi connectivity index (χ1v) is 9.25. The third-order valence-corrected chi connectivity index (χ3v) is 7.29. The number of ketones is 1. The van der Waals surface area contributed by atoms with Crippen LogP contribution in [0.15, 0.2) is 12.2 Å². The summed E-state index contributed by atoms with van der Waals surface area (Å²) in [5.41, 5.74) is -1.27. The first-order valence-electron chi connectivity index (χ1n) is 9.25. The summed E-state index contributed by atoms with van der Waals surface area (Å²) < 4.78 is 12.0. The number of fused-ring (bicyclic) bond motifs is 3.